The molecule has 6 heteroatoms. The summed E-state index contributed by atoms with van der Waals surface area (Å²) >= 11 is 0. The Morgan fingerprint density at radius 1 is 1.15 bits per heavy atom. The maximum Gasteiger partial charge on any atom is 0.250 e. The molecule has 0 bridgehead atoms. The number of primary amides is 1. The van der Waals surface area contributed by atoms with Gasteiger partial charge in [0, 0.05) is 11.8 Å². The summed E-state index contributed by atoms with van der Waals surface area (Å²) in [7, 11) is 0. The van der Waals surface area contributed by atoms with Gasteiger partial charge in [-0.1, -0.05) is 0 Å². The van der Waals surface area contributed by atoms with E-state index in [9.17, 15) is 13.6 Å². The fraction of sp³-hybridized carbons (Fsp3) is 0.0714. The van der Waals surface area contributed by atoms with Crippen molar-refractivity contribution in [3.05, 3.63) is 53.1 Å². The number of carbonyl (C=O) groups excluding carboxylic acids is 1. The van der Waals surface area contributed by atoms with Crippen LogP contribution < -0.4 is 16.2 Å². The highest BCUT2D eigenvalue weighted by molar-refractivity contribution is 5.98. The molecule has 4 N–H and O–H groups in total. The first-order chi connectivity index (χ1) is 9.38. The minimum atomic E-state index is -0.789. The summed E-state index contributed by atoms with van der Waals surface area (Å²) in [6.07, 6.45) is 0. The van der Waals surface area contributed by atoms with Crippen LogP contribution in [-0.4, -0.2) is 5.91 Å². The number of anilines is 1. The molecule has 0 spiro atoms. The van der Waals surface area contributed by atoms with E-state index in [-0.39, 0.29) is 22.7 Å². The summed E-state index contributed by atoms with van der Waals surface area (Å²) in [4.78, 5) is 11.2. The summed E-state index contributed by atoms with van der Waals surface area (Å²) in [5.74, 6) is -1.90. The maximum atomic E-state index is 13.7. The molecule has 0 saturated carbocycles. The molecule has 0 unspecified atom stereocenters. The second kappa shape index (κ2) is 5.16. The van der Waals surface area contributed by atoms with Gasteiger partial charge in [-0.25, -0.2) is 8.78 Å². The predicted molar refractivity (Wildman–Crippen MR) is 70.5 cm³/mol. The van der Waals surface area contributed by atoms with Crippen molar-refractivity contribution in [2.45, 2.75) is 6.92 Å². The Bertz CT molecular complexity index is 687. The molecule has 0 aliphatic heterocycles. The Morgan fingerprint density at radius 2 is 1.85 bits per heavy atom. The number of nitrogens with two attached hydrogens (primary N) is 2. The van der Waals surface area contributed by atoms with Crippen LogP contribution >= 0.6 is 0 Å². The topological polar surface area (TPSA) is 78.3 Å². The molecule has 0 fully saturated rings. The summed E-state index contributed by atoms with van der Waals surface area (Å²) in [6.45, 7) is 1.55. The average molecular weight is 278 g/mol. The zero-order valence-corrected chi connectivity index (χ0v) is 10.6. The summed E-state index contributed by atoms with van der Waals surface area (Å²) in [5, 5.41) is 0. The fourth-order valence-corrected chi connectivity index (χ4v) is 1.67. The first kappa shape index (κ1) is 13.8. The molecule has 0 saturated heterocycles. The zero-order chi connectivity index (χ0) is 14.9. The summed E-state index contributed by atoms with van der Waals surface area (Å²) < 4.78 is 32.1. The van der Waals surface area contributed by atoms with Gasteiger partial charge in [0.05, 0.1) is 5.56 Å². The second-order valence-electron chi connectivity index (χ2n) is 4.25. The van der Waals surface area contributed by atoms with Crippen LogP contribution in [-0.2, 0) is 0 Å². The lowest BCUT2D eigenvalue weighted by atomic mass is 10.1. The van der Waals surface area contributed by atoms with Crippen molar-refractivity contribution in [3.63, 3.8) is 0 Å². The van der Waals surface area contributed by atoms with Crippen molar-refractivity contribution in [2.75, 3.05) is 5.73 Å². The smallest absolute Gasteiger partial charge is 0.250 e. The number of rotatable bonds is 3. The van der Waals surface area contributed by atoms with Crippen LogP contribution in [0, 0.1) is 18.6 Å². The highest BCUT2D eigenvalue weighted by atomic mass is 19.1. The third-order valence-corrected chi connectivity index (χ3v) is 2.73. The van der Waals surface area contributed by atoms with E-state index < -0.39 is 17.5 Å². The number of amides is 1. The van der Waals surface area contributed by atoms with Crippen molar-refractivity contribution < 1.29 is 18.3 Å². The first-order valence-electron chi connectivity index (χ1n) is 5.71. The average Bonchev–Trinajstić information content (AvgIpc) is 2.36. The number of hydrogen-bond acceptors (Lipinski definition) is 3. The van der Waals surface area contributed by atoms with Crippen LogP contribution in [0.4, 0.5) is 14.5 Å². The molecular formula is C14H12F2N2O2. The lowest BCUT2D eigenvalue weighted by Gasteiger charge is -2.10. The molecule has 20 heavy (non-hydrogen) atoms. The van der Waals surface area contributed by atoms with E-state index in [0.29, 0.717) is 5.56 Å². The van der Waals surface area contributed by atoms with Crippen molar-refractivity contribution >= 4 is 11.6 Å². The second-order valence-corrected chi connectivity index (χ2v) is 4.25. The van der Waals surface area contributed by atoms with Crippen molar-refractivity contribution in [2.24, 2.45) is 5.73 Å². The van der Waals surface area contributed by atoms with Gasteiger partial charge in [-0.3, -0.25) is 4.79 Å². The van der Waals surface area contributed by atoms with E-state index in [2.05, 4.69) is 0 Å². The fourth-order valence-electron chi connectivity index (χ4n) is 1.67. The van der Waals surface area contributed by atoms with Crippen molar-refractivity contribution in [1.29, 1.82) is 0 Å². The molecule has 2 aromatic carbocycles. The summed E-state index contributed by atoms with van der Waals surface area (Å²) in [6, 6.07) is 6.03. The molecule has 0 atom stereocenters. The van der Waals surface area contributed by atoms with Gasteiger partial charge in [0.2, 0.25) is 0 Å². The molecule has 0 aromatic heterocycles. The van der Waals surface area contributed by atoms with Crippen LogP contribution in [0.15, 0.2) is 30.3 Å². The molecule has 0 aliphatic carbocycles. The Morgan fingerprint density at radius 3 is 2.45 bits per heavy atom. The molecule has 2 aromatic rings. The minimum absolute atomic E-state index is 0.0415. The highest BCUT2D eigenvalue weighted by Crippen LogP contribution is 2.29. The van der Waals surface area contributed by atoms with Gasteiger partial charge in [0.15, 0.2) is 11.6 Å². The number of aryl methyl sites for hydroxylation is 1. The molecule has 0 aliphatic rings. The number of carbonyl (C=O) groups is 1. The lowest BCUT2D eigenvalue weighted by molar-refractivity contribution is 0.100. The van der Waals surface area contributed by atoms with Gasteiger partial charge in [-0.2, -0.15) is 0 Å². The molecule has 0 heterocycles. The van der Waals surface area contributed by atoms with E-state index >= 15 is 0 Å². The minimum Gasteiger partial charge on any atom is -0.454 e. The van der Waals surface area contributed by atoms with Crippen LogP contribution in [0.3, 0.4) is 0 Å². The first-order valence-corrected chi connectivity index (χ1v) is 5.71. The monoisotopic (exact) mass is 278 g/mol. The standard InChI is InChI=1S/C14H12F2N2O2/c1-7-4-8(2-3-10(7)15)20-13-5-9(14(18)19)12(17)6-11(13)16/h2-6H,17H2,1H3,(H2,18,19). The van der Waals surface area contributed by atoms with Gasteiger partial charge in [-0.05, 0) is 36.8 Å². The highest BCUT2D eigenvalue weighted by Gasteiger charge is 2.14. The number of benzene rings is 2. The molecule has 1 amide bonds. The predicted octanol–water partition coefficient (Wildman–Crippen LogP) is 2.75. The lowest BCUT2D eigenvalue weighted by Crippen LogP contribution is -2.14. The van der Waals surface area contributed by atoms with Crippen molar-refractivity contribution in [3.8, 4) is 11.5 Å². The number of halogens is 2. The molecular weight excluding hydrogens is 266 g/mol. The van der Waals surface area contributed by atoms with Gasteiger partial charge in [-0.15, -0.1) is 0 Å². The molecule has 104 valence electrons. The number of hydrogen-bond donors (Lipinski definition) is 2. The van der Waals surface area contributed by atoms with E-state index in [1.165, 1.54) is 18.2 Å². The largest absolute Gasteiger partial charge is 0.454 e. The van der Waals surface area contributed by atoms with Gasteiger partial charge in [0.1, 0.15) is 11.6 Å². The quantitative estimate of drug-likeness (QED) is 0.847. The third kappa shape index (κ3) is 2.69. The Labute approximate surface area is 114 Å². The zero-order valence-electron chi connectivity index (χ0n) is 10.6. The summed E-state index contributed by atoms with van der Waals surface area (Å²) in [5.41, 5.74) is 10.8. The number of nitrogen functional groups attached to an aromatic ring is 1. The van der Waals surface area contributed by atoms with E-state index in [0.717, 1.165) is 12.1 Å². The number of ether oxygens (including phenoxy) is 1. The Balaban J connectivity index is 2.40. The Kier molecular flexibility index (Phi) is 3.56. The van der Waals surface area contributed by atoms with Gasteiger partial charge in [0.25, 0.3) is 5.91 Å². The molecule has 2 rings (SSSR count). The van der Waals surface area contributed by atoms with E-state index in [1.807, 2.05) is 0 Å². The molecule has 0 radical (unpaired) electrons. The van der Waals surface area contributed by atoms with Crippen LogP contribution in [0.5, 0.6) is 11.5 Å². The Hall–Kier alpha value is -2.63. The van der Waals surface area contributed by atoms with Crippen molar-refractivity contribution in [1.82, 2.24) is 0 Å². The van der Waals surface area contributed by atoms with E-state index in [1.54, 1.807) is 6.92 Å². The van der Waals surface area contributed by atoms with Crippen LogP contribution in [0.1, 0.15) is 15.9 Å². The van der Waals surface area contributed by atoms with Crippen LogP contribution in [0.25, 0.3) is 0 Å². The normalized spacial score (nSPS) is 10.3. The third-order valence-electron chi connectivity index (χ3n) is 2.73. The van der Waals surface area contributed by atoms with Gasteiger partial charge < -0.3 is 16.2 Å². The van der Waals surface area contributed by atoms with Crippen LogP contribution in [0.2, 0.25) is 0 Å². The molecule has 4 nitrogen and oxygen atoms in total. The van der Waals surface area contributed by atoms with Gasteiger partial charge >= 0.3 is 0 Å². The van der Waals surface area contributed by atoms with E-state index in [4.69, 9.17) is 16.2 Å². The SMILES string of the molecule is Cc1cc(Oc2cc(C(N)=O)c(N)cc2F)ccc1F. The maximum absolute atomic E-state index is 13.7.